The SMILES string of the molecule is Cc1cc2c(cc1[N+](=O)[O-])CC(=O)N2.Cc1ccc2c(c1)NC(=O)C2. The first-order valence-corrected chi connectivity index (χ1v) is 7.80. The molecule has 0 saturated carbocycles. The van der Waals surface area contributed by atoms with Gasteiger partial charge in [-0.25, -0.2) is 0 Å². The van der Waals surface area contributed by atoms with Crippen molar-refractivity contribution in [3.8, 4) is 0 Å². The van der Waals surface area contributed by atoms with E-state index >= 15 is 0 Å². The summed E-state index contributed by atoms with van der Waals surface area (Å²) >= 11 is 0. The fraction of sp³-hybridized carbons (Fsp3) is 0.222. The smallest absolute Gasteiger partial charge is 0.272 e. The lowest BCUT2D eigenvalue weighted by Gasteiger charge is -2.01. The highest BCUT2D eigenvalue weighted by molar-refractivity contribution is 6.00. The van der Waals surface area contributed by atoms with Crippen LogP contribution in [0.2, 0.25) is 0 Å². The summed E-state index contributed by atoms with van der Waals surface area (Å²) in [5.74, 6) is -0.00880. The maximum absolute atomic E-state index is 11.0. The molecule has 0 atom stereocenters. The monoisotopic (exact) mass is 339 g/mol. The Kier molecular flexibility index (Phi) is 4.22. The lowest BCUT2D eigenvalue weighted by Crippen LogP contribution is -2.03. The van der Waals surface area contributed by atoms with Gasteiger partial charge >= 0.3 is 0 Å². The van der Waals surface area contributed by atoms with Crippen LogP contribution in [0.4, 0.5) is 17.1 Å². The van der Waals surface area contributed by atoms with Crippen LogP contribution in [0.1, 0.15) is 22.3 Å². The molecule has 7 nitrogen and oxygen atoms in total. The first-order valence-electron chi connectivity index (χ1n) is 7.80. The van der Waals surface area contributed by atoms with Crippen molar-refractivity contribution in [2.24, 2.45) is 0 Å². The summed E-state index contributed by atoms with van der Waals surface area (Å²) in [6.45, 7) is 3.67. The number of amides is 2. The zero-order valence-electron chi connectivity index (χ0n) is 13.9. The molecule has 7 heteroatoms. The van der Waals surface area contributed by atoms with Crippen molar-refractivity contribution >= 4 is 28.9 Å². The number of carbonyl (C=O) groups excluding carboxylic acids is 2. The molecule has 0 radical (unpaired) electrons. The highest BCUT2D eigenvalue weighted by Crippen LogP contribution is 2.30. The fourth-order valence-corrected chi connectivity index (χ4v) is 2.89. The first kappa shape index (κ1) is 16.6. The van der Waals surface area contributed by atoms with Gasteiger partial charge in [0, 0.05) is 23.0 Å². The minimum Gasteiger partial charge on any atom is -0.326 e. The molecule has 128 valence electrons. The summed E-state index contributed by atoms with van der Waals surface area (Å²) in [5.41, 5.74) is 5.31. The van der Waals surface area contributed by atoms with Crippen molar-refractivity contribution < 1.29 is 14.5 Å². The van der Waals surface area contributed by atoms with Crippen LogP contribution in [0.15, 0.2) is 30.3 Å². The number of nitro groups is 1. The largest absolute Gasteiger partial charge is 0.326 e. The van der Waals surface area contributed by atoms with Gasteiger partial charge in [0.15, 0.2) is 0 Å². The first-order chi connectivity index (χ1) is 11.8. The van der Waals surface area contributed by atoms with Crippen LogP contribution < -0.4 is 10.6 Å². The Morgan fingerprint density at radius 1 is 0.920 bits per heavy atom. The minimum atomic E-state index is -0.432. The van der Waals surface area contributed by atoms with E-state index in [1.54, 1.807) is 13.0 Å². The van der Waals surface area contributed by atoms with E-state index in [4.69, 9.17) is 0 Å². The molecule has 0 aromatic heterocycles. The minimum absolute atomic E-state index is 0.0697. The van der Waals surface area contributed by atoms with Gasteiger partial charge in [0.25, 0.3) is 5.69 Å². The van der Waals surface area contributed by atoms with Crippen LogP contribution in [-0.4, -0.2) is 16.7 Å². The quantitative estimate of drug-likeness (QED) is 0.616. The standard InChI is InChI=1S/C9H8N2O3.C9H9NO/c1-5-2-7-6(4-9(12)10-7)3-8(5)11(13)14;1-6-2-3-7-5-9(11)10-8(7)4-6/h2-3H,4H2,1H3,(H,10,12);2-4H,5H2,1H3,(H,10,11). The van der Waals surface area contributed by atoms with E-state index in [0.717, 1.165) is 11.3 Å². The summed E-state index contributed by atoms with van der Waals surface area (Å²) in [4.78, 5) is 32.1. The molecule has 25 heavy (non-hydrogen) atoms. The number of hydrogen-bond donors (Lipinski definition) is 2. The second kappa shape index (κ2) is 6.35. The molecule has 0 unspecified atom stereocenters. The molecule has 2 aliphatic heterocycles. The van der Waals surface area contributed by atoms with Gasteiger partial charge in [0.1, 0.15) is 0 Å². The van der Waals surface area contributed by atoms with E-state index in [0.29, 0.717) is 23.2 Å². The van der Waals surface area contributed by atoms with Crippen molar-refractivity contribution in [1.82, 2.24) is 0 Å². The Hall–Kier alpha value is -3.22. The van der Waals surface area contributed by atoms with Crippen molar-refractivity contribution in [3.05, 3.63) is 62.7 Å². The molecule has 0 bridgehead atoms. The van der Waals surface area contributed by atoms with Gasteiger partial charge < -0.3 is 10.6 Å². The van der Waals surface area contributed by atoms with Gasteiger partial charge in [0.2, 0.25) is 11.8 Å². The topological polar surface area (TPSA) is 101 Å². The second-order valence-electron chi connectivity index (χ2n) is 6.16. The third kappa shape index (κ3) is 3.50. The van der Waals surface area contributed by atoms with E-state index in [1.165, 1.54) is 11.6 Å². The lowest BCUT2D eigenvalue weighted by molar-refractivity contribution is -0.385. The number of hydrogen-bond acceptors (Lipinski definition) is 4. The molecule has 0 aliphatic carbocycles. The Labute approximate surface area is 144 Å². The fourth-order valence-electron chi connectivity index (χ4n) is 2.89. The Morgan fingerprint density at radius 2 is 1.52 bits per heavy atom. The Bertz CT molecular complexity index is 905. The highest BCUT2D eigenvalue weighted by Gasteiger charge is 2.22. The second-order valence-corrected chi connectivity index (χ2v) is 6.16. The highest BCUT2D eigenvalue weighted by atomic mass is 16.6. The molecular formula is C18H17N3O4. The van der Waals surface area contributed by atoms with Gasteiger partial charge in [-0.05, 0) is 42.7 Å². The van der Waals surface area contributed by atoms with Gasteiger partial charge in [-0.1, -0.05) is 12.1 Å². The number of nitro benzene ring substituents is 1. The molecule has 2 aromatic rings. The summed E-state index contributed by atoms with van der Waals surface area (Å²) in [7, 11) is 0. The van der Waals surface area contributed by atoms with E-state index in [9.17, 15) is 19.7 Å². The van der Waals surface area contributed by atoms with Crippen molar-refractivity contribution in [2.45, 2.75) is 26.7 Å². The van der Waals surface area contributed by atoms with Crippen LogP contribution in [0.3, 0.4) is 0 Å². The summed E-state index contributed by atoms with van der Waals surface area (Å²) in [6.07, 6.45) is 0.770. The normalized spacial score (nSPS) is 14.0. The summed E-state index contributed by atoms with van der Waals surface area (Å²) in [6, 6.07) is 9.13. The third-order valence-electron chi connectivity index (χ3n) is 4.13. The molecule has 2 aliphatic rings. The van der Waals surface area contributed by atoms with Crippen molar-refractivity contribution in [3.63, 3.8) is 0 Å². The average Bonchev–Trinajstić information content (AvgIpc) is 3.06. The van der Waals surface area contributed by atoms with Crippen LogP contribution in [-0.2, 0) is 22.4 Å². The molecule has 2 heterocycles. The molecule has 0 saturated heterocycles. The number of benzene rings is 2. The number of fused-ring (bicyclic) bond motifs is 2. The number of rotatable bonds is 1. The average molecular weight is 339 g/mol. The third-order valence-corrected chi connectivity index (χ3v) is 4.13. The van der Waals surface area contributed by atoms with Gasteiger partial charge in [-0.15, -0.1) is 0 Å². The Morgan fingerprint density at radius 3 is 2.16 bits per heavy atom. The number of carbonyl (C=O) groups is 2. The van der Waals surface area contributed by atoms with E-state index < -0.39 is 4.92 Å². The lowest BCUT2D eigenvalue weighted by atomic mass is 10.1. The van der Waals surface area contributed by atoms with Crippen LogP contribution in [0.25, 0.3) is 0 Å². The Balaban J connectivity index is 0.000000150. The zero-order chi connectivity index (χ0) is 18.1. The van der Waals surface area contributed by atoms with E-state index in [1.807, 2.05) is 25.1 Å². The van der Waals surface area contributed by atoms with Crippen molar-refractivity contribution in [2.75, 3.05) is 10.6 Å². The molecule has 2 N–H and O–H groups in total. The van der Waals surface area contributed by atoms with Gasteiger partial charge in [-0.3, -0.25) is 19.7 Å². The maximum atomic E-state index is 11.0. The van der Waals surface area contributed by atoms with Crippen LogP contribution in [0, 0.1) is 24.0 Å². The molecule has 2 aromatic carbocycles. The van der Waals surface area contributed by atoms with E-state index in [2.05, 4.69) is 10.6 Å². The molecule has 0 spiro atoms. The summed E-state index contributed by atoms with van der Waals surface area (Å²) in [5, 5.41) is 16.0. The van der Waals surface area contributed by atoms with Crippen molar-refractivity contribution in [1.29, 1.82) is 0 Å². The summed E-state index contributed by atoms with van der Waals surface area (Å²) < 4.78 is 0. The molecular weight excluding hydrogens is 322 g/mol. The predicted octanol–water partition coefficient (Wildman–Crippen LogP) is 2.89. The van der Waals surface area contributed by atoms with Gasteiger partial charge in [0.05, 0.1) is 17.8 Å². The number of aryl methyl sites for hydroxylation is 2. The zero-order valence-corrected chi connectivity index (χ0v) is 13.9. The molecule has 0 fully saturated rings. The molecule has 4 rings (SSSR count). The molecule has 2 amide bonds. The van der Waals surface area contributed by atoms with E-state index in [-0.39, 0.29) is 23.9 Å². The number of anilines is 2. The maximum Gasteiger partial charge on any atom is 0.272 e. The van der Waals surface area contributed by atoms with Gasteiger partial charge in [-0.2, -0.15) is 0 Å². The van der Waals surface area contributed by atoms with Crippen LogP contribution in [0.5, 0.6) is 0 Å². The van der Waals surface area contributed by atoms with Crippen LogP contribution >= 0.6 is 0 Å². The number of nitrogens with zero attached hydrogens (tertiary/aromatic N) is 1. The number of nitrogens with one attached hydrogen (secondary N) is 2. The predicted molar refractivity (Wildman–Crippen MR) is 93.7 cm³/mol.